The lowest BCUT2D eigenvalue weighted by Gasteiger charge is -2.07. The van der Waals surface area contributed by atoms with Gasteiger partial charge < -0.3 is 11.1 Å². The molecule has 0 aliphatic heterocycles. The number of carbonyl (C=O) groups excluding carboxylic acids is 1. The highest BCUT2D eigenvalue weighted by atomic mass is 16.1. The lowest BCUT2D eigenvalue weighted by Crippen LogP contribution is -2.10. The van der Waals surface area contributed by atoms with E-state index in [0.29, 0.717) is 6.42 Å². The van der Waals surface area contributed by atoms with Crippen LogP contribution in [0.3, 0.4) is 0 Å². The predicted molar refractivity (Wildman–Crippen MR) is 58.0 cm³/mol. The van der Waals surface area contributed by atoms with Gasteiger partial charge in [0.1, 0.15) is 0 Å². The first-order chi connectivity index (χ1) is 6.63. The Balaban J connectivity index is 2.69. The van der Waals surface area contributed by atoms with Crippen LogP contribution >= 0.6 is 0 Å². The summed E-state index contributed by atoms with van der Waals surface area (Å²) < 4.78 is 0. The minimum absolute atomic E-state index is 0.0264. The van der Waals surface area contributed by atoms with Crippen LogP contribution in [0.25, 0.3) is 0 Å². The maximum atomic E-state index is 11.1. The fourth-order valence-electron chi connectivity index (χ4n) is 1.12. The van der Waals surface area contributed by atoms with Crippen molar-refractivity contribution < 1.29 is 4.79 Å². The molecule has 1 rings (SSSR count). The molecule has 1 atom stereocenters. The van der Waals surface area contributed by atoms with Gasteiger partial charge in [0.25, 0.3) is 0 Å². The summed E-state index contributed by atoms with van der Waals surface area (Å²) >= 11 is 0. The monoisotopic (exact) mass is 192 g/mol. The molecule has 0 aromatic heterocycles. The van der Waals surface area contributed by atoms with Crippen molar-refractivity contribution in [3.63, 3.8) is 0 Å². The van der Waals surface area contributed by atoms with Gasteiger partial charge in [0.2, 0.25) is 5.91 Å². The van der Waals surface area contributed by atoms with E-state index in [1.807, 2.05) is 38.1 Å². The highest BCUT2D eigenvalue weighted by Crippen LogP contribution is 2.14. The summed E-state index contributed by atoms with van der Waals surface area (Å²) in [5.41, 5.74) is 7.59. The number of benzene rings is 1. The fourth-order valence-corrected chi connectivity index (χ4v) is 1.12. The van der Waals surface area contributed by atoms with E-state index in [1.54, 1.807) is 0 Å². The van der Waals surface area contributed by atoms with Crippen LogP contribution in [-0.4, -0.2) is 5.91 Å². The van der Waals surface area contributed by atoms with E-state index in [-0.39, 0.29) is 11.9 Å². The first-order valence-electron chi connectivity index (χ1n) is 4.79. The maximum Gasteiger partial charge on any atom is 0.224 e. The molecular formula is C11H16N2O. The highest BCUT2D eigenvalue weighted by Gasteiger charge is 2.00. The van der Waals surface area contributed by atoms with Gasteiger partial charge in [-0.1, -0.05) is 19.1 Å². The minimum Gasteiger partial charge on any atom is -0.326 e. The van der Waals surface area contributed by atoms with Crippen LogP contribution in [0.2, 0.25) is 0 Å². The van der Waals surface area contributed by atoms with E-state index in [4.69, 9.17) is 5.73 Å². The molecule has 0 heterocycles. The topological polar surface area (TPSA) is 55.1 Å². The third-order valence-electron chi connectivity index (χ3n) is 2.04. The molecular weight excluding hydrogens is 176 g/mol. The summed E-state index contributed by atoms with van der Waals surface area (Å²) in [7, 11) is 0. The SMILES string of the molecule is CCC(=O)Nc1ccc([C@@H](C)N)cc1. The molecule has 0 bridgehead atoms. The number of nitrogens with two attached hydrogens (primary N) is 1. The average Bonchev–Trinajstić information content (AvgIpc) is 2.18. The van der Waals surface area contributed by atoms with E-state index in [2.05, 4.69) is 5.32 Å². The molecule has 0 aliphatic rings. The van der Waals surface area contributed by atoms with Crippen molar-refractivity contribution in [2.24, 2.45) is 5.73 Å². The third kappa shape index (κ3) is 2.85. The van der Waals surface area contributed by atoms with Gasteiger partial charge in [-0.3, -0.25) is 4.79 Å². The second kappa shape index (κ2) is 4.77. The molecule has 1 aromatic rings. The molecule has 1 aromatic carbocycles. The van der Waals surface area contributed by atoms with Crippen LogP contribution in [0, 0.1) is 0 Å². The smallest absolute Gasteiger partial charge is 0.224 e. The molecule has 0 radical (unpaired) electrons. The Hall–Kier alpha value is -1.35. The first kappa shape index (κ1) is 10.7. The Morgan fingerprint density at radius 1 is 1.43 bits per heavy atom. The van der Waals surface area contributed by atoms with Gasteiger partial charge in [0.05, 0.1) is 0 Å². The average molecular weight is 192 g/mol. The van der Waals surface area contributed by atoms with Crippen molar-refractivity contribution in [2.45, 2.75) is 26.3 Å². The molecule has 0 saturated heterocycles. The van der Waals surface area contributed by atoms with E-state index in [1.165, 1.54) is 0 Å². The van der Waals surface area contributed by atoms with Gasteiger partial charge in [0, 0.05) is 18.2 Å². The molecule has 14 heavy (non-hydrogen) atoms. The maximum absolute atomic E-state index is 11.1. The van der Waals surface area contributed by atoms with Gasteiger partial charge in [-0.05, 0) is 24.6 Å². The molecule has 0 spiro atoms. The summed E-state index contributed by atoms with van der Waals surface area (Å²) in [5.74, 6) is 0.0264. The van der Waals surface area contributed by atoms with Crippen LogP contribution < -0.4 is 11.1 Å². The van der Waals surface area contributed by atoms with Crippen molar-refractivity contribution in [1.29, 1.82) is 0 Å². The van der Waals surface area contributed by atoms with Gasteiger partial charge in [-0.15, -0.1) is 0 Å². The molecule has 76 valence electrons. The Bertz CT molecular complexity index is 304. The number of anilines is 1. The number of hydrogen-bond acceptors (Lipinski definition) is 2. The van der Waals surface area contributed by atoms with Crippen molar-refractivity contribution >= 4 is 11.6 Å². The third-order valence-corrected chi connectivity index (χ3v) is 2.04. The summed E-state index contributed by atoms with van der Waals surface area (Å²) in [4.78, 5) is 11.1. The van der Waals surface area contributed by atoms with Crippen molar-refractivity contribution in [1.82, 2.24) is 0 Å². The normalized spacial score (nSPS) is 12.2. The van der Waals surface area contributed by atoms with E-state index < -0.39 is 0 Å². The van der Waals surface area contributed by atoms with Crippen LogP contribution in [-0.2, 0) is 4.79 Å². The number of amides is 1. The number of carbonyl (C=O) groups is 1. The summed E-state index contributed by atoms with van der Waals surface area (Å²) in [6.45, 7) is 3.76. The Kier molecular flexibility index (Phi) is 3.65. The zero-order chi connectivity index (χ0) is 10.6. The molecule has 0 aliphatic carbocycles. The standard InChI is InChI=1S/C11H16N2O/c1-3-11(14)13-10-6-4-9(5-7-10)8(2)12/h4-8H,3,12H2,1-2H3,(H,13,14)/t8-/m1/s1. The summed E-state index contributed by atoms with van der Waals surface area (Å²) in [5, 5.41) is 2.78. The highest BCUT2D eigenvalue weighted by molar-refractivity contribution is 5.90. The fraction of sp³-hybridized carbons (Fsp3) is 0.364. The van der Waals surface area contributed by atoms with Gasteiger partial charge in [-0.2, -0.15) is 0 Å². The van der Waals surface area contributed by atoms with Gasteiger partial charge in [0.15, 0.2) is 0 Å². The largest absolute Gasteiger partial charge is 0.326 e. The van der Waals surface area contributed by atoms with E-state index >= 15 is 0 Å². The second-order valence-electron chi connectivity index (χ2n) is 3.31. The summed E-state index contributed by atoms with van der Waals surface area (Å²) in [6.07, 6.45) is 0.495. The second-order valence-corrected chi connectivity index (χ2v) is 3.31. The van der Waals surface area contributed by atoms with Crippen molar-refractivity contribution in [3.8, 4) is 0 Å². The molecule has 3 heteroatoms. The Labute approximate surface area is 84.3 Å². The van der Waals surface area contributed by atoms with Crippen LogP contribution in [0.15, 0.2) is 24.3 Å². The number of rotatable bonds is 3. The zero-order valence-electron chi connectivity index (χ0n) is 8.58. The first-order valence-corrected chi connectivity index (χ1v) is 4.79. The number of nitrogens with one attached hydrogen (secondary N) is 1. The molecule has 3 nitrogen and oxygen atoms in total. The van der Waals surface area contributed by atoms with Crippen LogP contribution in [0.4, 0.5) is 5.69 Å². The number of hydrogen-bond donors (Lipinski definition) is 2. The molecule has 0 fully saturated rings. The van der Waals surface area contributed by atoms with Crippen molar-refractivity contribution in [3.05, 3.63) is 29.8 Å². The molecule has 3 N–H and O–H groups in total. The zero-order valence-corrected chi connectivity index (χ0v) is 8.58. The van der Waals surface area contributed by atoms with Gasteiger partial charge >= 0.3 is 0 Å². The Morgan fingerprint density at radius 3 is 2.43 bits per heavy atom. The minimum atomic E-state index is 0.0264. The quantitative estimate of drug-likeness (QED) is 0.770. The molecule has 0 saturated carbocycles. The van der Waals surface area contributed by atoms with Crippen LogP contribution in [0.1, 0.15) is 31.9 Å². The predicted octanol–water partition coefficient (Wildman–Crippen LogP) is 2.05. The molecule has 0 unspecified atom stereocenters. The van der Waals surface area contributed by atoms with E-state index in [9.17, 15) is 4.79 Å². The lowest BCUT2D eigenvalue weighted by molar-refractivity contribution is -0.115. The Morgan fingerprint density at radius 2 is 2.00 bits per heavy atom. The van der Waals surface area contributed by atoms with E-state index in [0.717, 1.165) is 11.3 Å². The molecule has 1 amide bonds. The lowest BCUT2D eigenvalue weighted by atomic mass is 10.1. The summed E-state index contributed by atoms with van der Waals surface area (Å²) in [6, 6.07) is 7.62. The van der Waals surface area contributed by atoms with Gasteiger partial charge in [-0.25, -0.2) is 0 Å². The van der Waals surface area contributed by atoms with Crippen molar-refractivity contribution in [2.75, 3.05) is 5.32 Å². The van der Waals surface area contributed by atoms with Crippen LogP contribution in [0.5, 0.6) is 0 Å².